The van der Waals surface area contributed by atoms with Crippen molar-refractivity contribution in [1.82, 2.24) is 0 Å². The van der Waals surface area contributed by atoms with E-state index in [0.29, 0.717) is 24.9 Å². The monoisotopic (exact) mass is 281 g/mol. The van der Waals surface area contributed by atoms with Gasteiger partial charge in [0, 0.05) is 24.9 Å². The molecular weight excluding hydrogens is 266 g/mol. The zero-order valence-corrected chi connectivity index (χ0v) is 11.2. The van der Waals surface area contributed by atoms with Crippen LogP contribution in [0.15, 0.2) is 35.6 Å². The molecule has 2 rings (SSSR count). The fourth-order valence-electron chi connectivity index (χ4n) is 2.05. The van der Waals surface area contributed by atoms with Gasteiger partial charge in [-0.25, -0.2) is 0 Å². The van der Waals surface area contributed by atoms with Crippen molar-refractivity contribution in [3.63, 3.8) is 0 Å². The second kappa shape index (κ2) is 6.38. The van der Waals surface area contributed by atoms with E-state index in [1.165, 1.54) is 0 Å². The summed E-state index contributed by atoms with van der Waals surface area (Å²) in [5.41, 5.74) is 7.00. The second-order valence-electron chi connectivity index (χ2n) is 4.44. The quantitative estimate of drug-likeness (QED) is 0.377. The summed E-state index contributed by atoms with van der Waals surface area (Å²) in [6.07, 6.45) is 1.45. The van der Waals surface area contributed by atoms with Crippen LogP contribution in [-0.2, 0) is 16.0 Å². The van der Waals surface area contributed by atoms with Gasteiger partial charge in [-0.1, -0.05) is 12.1 Å². The highest BCUT2D eigenvalue weighted by atomic mass is 35.5. The lowest BCUT2D eigenvalue weighted by molar-refractivity contribution is -0.124. The number of aliphatic hydroxyl groups excluding tert-OH is 1. The number of halogens is 1. The normalized spacial score (nSPS) is 15.1. The Kier molecular flexibility index (Phi) is 5.12. The van der Waals surface area contributed by atoms with Crippen molar-refractivity contribution in [2.45, 2.75) is 25.7 Å². The van der Waals surface area contributed by atoms with Crippen LogP contribution in [-0.4, -0.2) is 16.7 Å². The average molecular weight is 282 g/mol. The highest BCUT2D eigenvalue weighted by Gasteiger charge is 2.26. The standard InChI is InChI=1S/C14H15NO3.ClH/c15-10-6-4-9(5-7-10)8-13(18)14-11(16)2-1-3-12(14)17;/h4-7,18H,1-3,8,15H2;1H. The maximum absolute atomic E-state index is 11.6. The number of anilines is 1. The lowest BCUT2D eigenvalue weighted by Gasteiger charge is -2.13. The highest BCUT2D eigenvalue weighted by molar-refractivity contribution is 6.22. The summed E-state index contributed by atoms with van der Waals surface area (Å²) in [7, 11) is 0. The van der Waals surface area contributed by atoms with Gasteiger partial charge in [0.2, 0.25) is 0 Å². The molecule has 102 valence electrons. The molecule has 0 unspecified atom stereocenters. The predicted octanol–water partition coefficient (Wildman–Crippen LogP) is 2.37. The van der Waals surface area contributed by atoms with Crippen LogP contribution in [0.2, 0.25) is 0 Å². The van der Waals surface area contributed by atoms with E-state index in [0.717, 1.165) is 5.56 Å². The maximum atomic E-state index is 11.6. The van der Waals surface area contributed by atoms with E-state index in [4.69, 9.17) is 5.73 Å². The number of allylic oxidation sites excluding steroid dienone is 2. The van der Waals surface area contributed by atoms with Gasteiger partial charge in [-0.2, -0.15) is 0 Å². The molecule has 1 fully saturated rings. The van der Waals surface area contributed by atoms with E-state index in [9.17, 15) is 14.7 Å². The van der Waals surface area contributed by atoms with Gasteiger partial charge in [-0.05, 0) is 24.1 Å². The second-order valence-corrected chi connectivity index (χ2v) is 4.44. The Morgan fingerprint density at radius 1 is 1.11 bits per heavy atom. The van der Waals surface area contributed by atoms with Crippen LogP contribution in [0.5, 0.6) is 0 Å². The minimum absolute atomic E-state index is 0. The van der Waals surface area contributed by atoms with E-state index >= 15 is 0 Å². The third-order valence-electron chi connectivity index (χ3n) is 3.01. The van der Waals surface area contributed by atoms with Crippen molar-refractivity contribution in [2.24, 2.45) is 0 Å². The van der Waals surface area contributed by atoms with Crippen LogP contribution in [0.25, 0.3) is 0 Å². The number of Topliss-reactive ketones (excluding diaryl/α,β-unsaturated/α-hetero) is 2. The molecule has 0 saturated heterocycles. The van der Waals surface area contributed by atoms with E-state index in [-0.39, 0.29) is 41.7 Å². The molecular formula is C14H16ClNO3. The molecule has 0 bridgehead atoms. The Hall–Kier alpha value is -1.81. The number of nitrogens with two attached hydrogens (primary N) is 1. The molecule has 4 nitrogen and oxygen atoms in total. The first-order valence-corrected chi connectivity index (χ1v) is 5.91. The highest BCUT2D eigenvalue weighted by Crippen LogP contribution is 2.21. The summed E-state index contributed by atoms with van der Waals surface area (Å²) in [6.45, 7) is 0. The Morgan fingerprint density at radius 3 is 2.16 bits per heavy atom. The summed E-state index contributed by atoms with van der Waals surface area (Å²) in [4.78, 5) is 23.3. The molecule has 0 amide bonds. The number of hydrogen-bond acceptors (Lipinski definition) is 4. The van der Waals surface area contributed by atoms with Gasteiger partial charge in [0.05, 0.1) is 5.57 Å². The van der Waals surface area contributed by atoms with E-state index < -0.39 is 0 Å². The van der Waals surface area contributed by atoms with Gasteiger partial charge in [-0.3, -0.25) is 9.59 Å². The predicted molar refractivity (Wildman–Crippen MR) is 75.3 cm³/mol. The van der Waals surface area contributed by atoms with Crippen LogP contribution < -0.4 is 5.73 Å². The van der Waals surface area contributed by atoms with Crippen molar-refractivity contribution < 1.29 is 14.7 Å². The molecule has 1 saturated carbocycles. The summed E-state index contributed by atoms with van der Waals surface area (Å²) in [5, 5.41) is 9.94. The fraction of sp³-hybridized carbons (Fsp3) is 0.286. The molecule has 19 heavy (non-hydrogen) atoms. The molecule has 1 aliphatic rings. The lowest BCUT2D eigenvalue weighted by Crippen LogP contribution is -2.21. The molecule has 5 heteroatoms. The van der Waals surface area contributed by atoms with Crippen LogP contribution in [0, 0.1) is 0 Å². The number of rotatable bonds is 2. The first-order valence-electron chi connectivity index (χ1n) is 5.91. The van der Waals surface area contributed by atoms with Gasteiger partial charge in [0.25, 0.3) is 0 Å². The first-order chi connectivity index (χ1) is 8.58. The summed E-state index contributed by atoms with van der Waals surface area (Å²) in [6, 6.07) is 6.98. The van der Waals surface area contributed by atoms with Gasteiger partial charge in [-0.15, -0.1) is 12.4 Å². The Bertz CT molecular complexity index is 502. The lowest BCUT2D eigenvalue weighted by atomic mass is 9.90. The molecule has 0 radical (unpaired) electrons. The van der Waals surface area contributed by atoms with Crippen LogP contribution >= 0.6 is 12.4 Å². The Morgan fingerprint density at radius 2 is 1.63 bits per heavy atom. The van der Waals surface area contributed by atoms with E-state index in [1.54, 1.807) is 24.3 Å². The molecule has 0 heterocycles. The van der Waals surface area contributed by atoms with Crippen molar-refractivity contribution in [3.05, 3.63) is 41.2 Å². The van der Waals surface area contributed by atoms with Crippen molar-refractivity contribution in [3.8, 4) is 0 Å². The van der Waals surface area contributed by atoms with Crippen molar-refractivity contribution >= 4 is 29.7 Å². The van der Waals surface area contributed by atoms with Gasteiger partial charge < -0.3 is 10.8 Å². The SMILES string of the molecule is Cl.Nc1ccc(CC(O)=C2C(=O)CCCC2=O)cc1. The third-order valence-corrected chi connectivity index (χ3v) is 3.01. The van der Waals surface area contributed by atoms with Crippen LogP contribution in [0.3, 0.4) is 0 Å². The van der Waals surface area contributed by atoms with E-state index in [2.05, 4.69) is 0 Å². The molecule has 0 spiro atoms. The summed E-state index contributed by atoms with van der Waals surface area (Å²) >= 11 is 0. The topological polar surface area (TPSA) is 80.4 Å². The minimum atomic E-state index is -0.251. The maximum Gasteiger partial charge on any atom is 0.169 e. The first kappa shape index (κ1) is 15.2. The number of hydrogen-bond donors (Lipinski definition) is 2. The number of aliphatic hydroxyl groups is 1. The number of benzene rings is 1. The molecule has 0 aliphatic heterocycles. The van der Waals surface area contributed by atoms with Crippen molar-refractivity contribution in [1.29, 1.82) is 0 Å². The largest absolute Gasteiger partial charge is 0.511 e. The zero-order chi connectivity index (χ0) is 13.1. The fourth-order valence-corrected chi connectivity index (χ4v) is 2.05. The number of carbonyl (C=O) groups is 2. The Labute approximate surface area is 117 Å². The van der Waals surface area contributed by atoms with Crippen LogP contribution in [0.4, 0.5) is 5.69 Å². The van der Waals surface area contributed by atoms with Gasteiger partial charge >= 0.3 is 0 Å². The molecule has 0 aromatic heterocycles. The Balaban J connectivity index is 0.00000180. The average Bonchev–Trinajstić information content (AvgIpc) is 2.32. The zero-order valence-electron chi connectivity index (χ0n) is 10.4. The molecule has 1 aliphatic carbocycles. The minimum Gasteiger partial charge on any atom is -0.511 e. The van der Waals surface area contributed by atoms with E-state index in [1.807, 2.05) is 0 Å². The molecule has 0 atom stereocenters. The molecule has 1 aromatic carbocycles. The number of ketones is 2. The number of nitrogen functional groups attached to an aromatic ring is 1. The van der Waals surface area contributed by atoms with Crippen LogP contribution in [0.1, 0.15) is 24.8 Å². The van der Waals surface area contributed by atoms with Crippen molar-refractivity contribution in [2.75, 3.05) is 5.73 Å². The smallest absolute Gasteiger partial charge is 0.169 e. The summed E-state index contributed by atoms with van der Waals surface area (Å²) in [5.74, 6) is -0.632. The summed E-state index contributed by atoms with van der Waals surface area (Å²) < 4.78 is 0. The molecule has 1 aromatic rings. The molecule has 3 N–H and O–H groups in total. The third kappa shape index (κ3) is 3.58. The van der Waals surface area contributed by atoms with Gasteiger partial charge in [0.15, 0.2) is 11.6 Å². The number of carbonyl (C=O) groups excluding carboxylic acids is 2. The van der Waals surface area contributed by atoms with Gasteiger partial charge in [0.1, 0.15) is 5.76 Å².